The Morgan fingerprint density at radius 1 is 0.484 bits per heavy atom. The number of fused-ring (bicyclic) bond motifs is 2. The molecule has 2 heterocycles. The van der Waals surface area contributed by atoms with Crippen molar-refractivity contribution in [2.45, 2.75) is 0 Å². The highest BCUT2D eigenvalue weighted by Crippen LogP contribution is 2.30. The van der Waals surface area contributed by atoms with Crippen LogP contribution in [0.4, 0.5) is 0 Å². The summed E-state index contributed by atoms with van der Waals surface area (Å²) in [6.07, 6.45) is 0. The monoisotopic (exact) mass is 404 g/mol. The van der Waals surface area contributed by atoms with E-state index in [1.54, 1.807) is 0 Å². The normalized spacial score (nSPS) is 11.2. The first-order valence-corrected chi connectivity index (χ1v) is 9.92. The Morgan fingerprint density at radius 3 is 1.32 bits per heavy atom. The predicted molar refractivity (Wildman–Crippen MR) is 119 cm³/mol. The van der Waals surface area contributed by atoms with Gasteiger partial charge in [0.25, 0.3) is 0 Å². The van der Waals surface area contributed by atoms with Crippen LogP contribution < -0.4 is 4.74 Å². The molecule has 0 atom stereocenters. The molecule has 5 nitrogen and oxygen atoms in total. The van der Waals surface area contributed by atoms with E-state index in [9.17, 15) is 0 Å². The van der Waals surface area contributed by atoms with Crippen LogP contribution in [-0.4, -0.2) is 9.97 Å². The number of para-hydroxylation sites is 4. The lowest BCUT2D eigenvalue weighted by Crippen LogP contribution is -1.85. The van der Waals surface area contributed by atoms with Crippen LogP contribution in [0.25, 0.3) is 45.1 Å². The van der Waals surface area contributed by atoms with Gasteiger partial charge in [-0.2, -0.15) is 0 Å². The van der Waals surface area contributed by atoms with Crippen molar-refractivity contribution in [1.82, 2.24) is 9.97 Å². The zero-order valence-corrected chi connectivity index (χ0v) is 16.4. The van der Waals surface area contributed by atoms with Gasteiger partial charge >= 0.3 is 0 Å². The first kappa shape index (κ1) is 17.5. The Labute approximate surface area is 177 Å². The standard InChI is InChI=1S/C26H16N2O3/c1-3-7-23-21(5-1)27-25(30-23)17-9-13-19(14-10-17)29-20-15-11-18(12-16-20)26-28-22-6-2-4-8-24(22)31-26/h1-16H. The van der Waals surface area contributed by atoms with Gasteiger partial charge in [0.1, 0.15) is 22.5 Å². The summed E-state index contributed by atoms with van der Waals surface area (Å²) in [5, 5.41) is 0. The molecule has 0 aliphatic rings. The number of nitrogens with zero attached hydrogens (tertiary/aromatic N) is 2. The molecule has 0 unspecified atom stereocenters. The maximum absolute atomic E-state index is 5.98. The fourth-order valence-electron chi connectivity index (χ4n) is 3.46. The van der Waals surface area contributed by atoms with E-state index in [1.807, 2.05) is 97.1 Å². The Bertz CT molecular complexity index is 1310. The third kappa shape index (κ3) is 3.32. The van der Waals surface area contributed by atoms with Gasteiger partial charge in [0.2, 0.25) is 11.8 Å². The van der Waals surface area contributed by atoms with Gasteiger partial charge in [-0.1, -0.05) is 24.3 Å². The lowest BCUT2D eigenvalue weighted by Gasteiger charge is -2.06. The molecule has 0 saturated carbocycles. The molecule has 4 aromatic carbocycles. The highest BCUT2D eigenvalue weighted by atomic mass is 16.5. The van der Waals surface area contributed by atoms with Crippen LogP contribution in [0, 0.1) is 0 Å². The summed E-state index contributed by atoms with van der Waals surface area (Å²) >= 11 is 0. The lowest BCUT2D eigenvalue weighted by molar-refractivity contribution is 0.482. The van der Waals surface area contributed by atoms with Gasteiger partial charge in [-0.3, -0.25) is 0 Å². The molecule has 0 bridgehead atoms. The summed E-state index contributed by atoms with van der Waals surface area (Å²) < 4.78 is 17.6. The zero-order chi connectivity index (χ0) is 20.6. The van der Waals surface area contributed by atoms with E-state index in [0.717, 1.165) is 44.8 Å². The number of ether oxygens (including phenoxy) is 1. The van der Waals surface area contributed by atoms with Crippen molar-refractivity contribution in [3.63, 3.8) is 0 Å². The first-order chi connectivity index (χ1) is 15.3. The Kier molecular flexibility index (Phi) is 4.03. The van der Waals surface area contributed by atoms with E-state index in [-0.39, 0.29) is 0 Å². The SMILES string of the molecule is c1ccc2oc(-c3ccc(Oc4ccc(-c5nc6ccccc6o5)cc4)cc3)nc2c1. The molecule has 148 valence electrons. The average Bonchev–Trinajstić information content (AvgIpc) is 3.44. The number of benzene rings is 4. The molecule has 0 fully saturated rings. The molecule has 5 heteroatoms. The molecule has 0 saturated heterocycles. The van der Waals surface area contributed by atoms with Gasteiger partial charge in [0.05, 0.1) is 0 Å². The lowest BCUT2D eigenvalue weighted by atomic mass is 10.2. The second-order valence-corrected chi connectivity index (χ2v) is 7.12. The zero-order valence-electron chi connectivity index (χ0n) is 16.4. The van der Waals surface area contributed by atoms with E-state index in [1.165, 1.54) is 0 Å². The summed E-state index contributed by atoms with van der Waals surface area (Å²) in [5.74, 6) is 2.65. The second-order valence-electron chi connectivity index (χ2n) is 7.12. The first-order valence-electron chi connectivity index (χ1n) is 9.92. The number of rotatable bonds is 4. The van der Waals surface area contributed by atoms with Crippen molar-refractivity contribution in [3.8, 4) is 34.4 Å². The Balaban J connectivity index is 1.20. The minimum Gasteiger partial charge on any atom is -0.457 e. The van der Waals surface area contributed by atoms with E-state index >= 15 is 0 Å². The summed E-state index contributed by atoms with van der Waals surface area (Å²) in [6, 6.07) is 30.8. The molecule has 0 aliphatic heterocycles. The molecule has 0 N–H and O–H groups in total. The van der Waals surface area contributed by atoms with Crippen LogP contribution in [0.3, 0.4) is 0 Å². The molecular weight excluding hydrogens is 388 g/mol. The molecule has 2 aromatic heterocycles. The van der Waals surface area contributed by atoms with Crippen molar-refractivity contribution >= 4 is 22.2 Å². The van der Waals surface area contributed by atoms with Crippen molar-refractivity contribution in [2.24, 2.45) is 0 Å². The molecule has 0 spiro atoms. The highest BCUT2D eigenvalue weighted by molar-refractivity contribution is 5.77. The summed E-state index contributed by atoms with van der Waals surface area (Å²) in [6.45, 7) is 0. The number of hydrogen-bond acceptors (Lipinski definition) is 5. The number of hydrogen-bond donors (Lipinski definition) is 0. The maximum atomic E-state index is 5.98. The topological polar surface area (TPSA) is 61.3 Å². The number of oxazole rings is 2. The van der Waals surface area contributed by atoms with Gasteiger partial charge in [-0.25, -0.2) is 9.97 Å². The Hall–Kier alpha value is -4.38. The van der Waals surface area contributed by atoms with Gasteiger partial charge in [0.15, 0.2) is 11.2 Å². The maximum Gasteiger partial charge on any atom is 0.227 e. The molecule has 0 radical (unpaired) electrons. The van der Waals surface area contributed by atoms with Crippen molar-refractivity contribution < 1.29 is 13.6 Å². The van der Waals surface area contributed by atoms with E-state index in [2.05, 4.69) is 9.97 Å². The van der Waals surface area contributed by atoms with Gasteiger partial charge in [-0.05, 0) is 72.8 Å². The predicted octanol–water partition coefficient (Wildman–Crippen LogP) is 7.10. The van der Waals surface area contributed by atoms with Crippen molar-refractivity contribution in [3.05, 3.63) is 97.1 Å². The Morgan fingerprint density at radius 2 is 0.903 bits per heavy atom. The summed E-state index contributed by atoms with van der Waals surface area (Å²) in [5.41, 5.74) is 5.03. The largest absolute Gasteiger partial charge is 0.457 e. The summed E-state index contributed by atoms with van der Waals surface area (Å²) in [7, 11) is 0. The number of aromatic nitrogens is 2. The highest BCUT2D eigenvalue weighted by Gasteiger charge is 2.10. The molecule has 0 amide bonds. The molecular formula is C26H16N2O3. The van der Waals surface area contributed by atoms with Crippen molar-refractivity contribution in [2.75, 3.05) is 0 Å². The van der Waals surface area contributed by atoms with Crippen LogP contribution in [0.1, 0.15) is 0 Å². The fourth-order valence-corrected chi connectivity index (χ4v) is 3.46. The van der Waals surface area contributed by atoms with Gasteiger partial charge in [0, 0.05) is 11.1 Å². The van der Waals surface area contributed by atoms with E-state index in [0.29, 0.717) is 11.8 Å². The molecule has 0 aliphatic carbocycles. The quantitative estimate of drug-likeness (QED) is 0.314. The van der Waals surface area contributed by atoms with Crippen LogP contribution in [0.5, 0.6) is 11.5 Å². The molecule has 31 heavy (non-hydrogen) atoms. The average molecular weight is 404 g/mol. The fraction of sp³-hybridized carbons (Fsp3) is 0. The molecule has 6 aromatic rings. The van der Waals surface area contributed by atoms with Crippen LogP contribution in [0.2, 0.25) is 0 Å². The van der Waals surface area contributed by atoms with E-state index in [4.69, 9.17) is 13.6 Å². The third-order valence-electron chi connectivity index (χ3n) is 5.03. The van der Waals surface area contributed by atoms with Crippen LogP contribution >= 0.6 is 0 Å². The van der Waals surface area contributed by atoms with Crippen LogP contribution in [0.15, 0.2) is 106 Å². The van der Waals surface area contributed by atoms with Gasteiger partial charge in [-0.15, -0.1) is 0 Å². The minimum absolute atomic E-state index is 0.593. The van der Waals surface area contributed by atoms with Gasteiger partial charge < -0.3 is 13.6 Å². The smallest absolute Gasteiger partial charge is 0.227 e. The minimum atomic E-state index is 0.593. The second kappa shape index (κ2) is 7.15. The third-order valence-corrected chi connectivity index (χ3v) is 5.03. The van der Waals surface area contributed by atoms with Crippen molar-refractivity contribution in [1.29, 1.82) is 0 Å². The van der Waals surface area contributed by atoms with Crippen LogP contribution in [-0.2, 0) is 0 Å². The van der Waals surface area contributed by atoms with E-state index < -0.39 is 0 Å². The summed E-state index contributed by atoms with van der Waals surface area (Å²) in [4.78, 5) is 9.06. The molecule has 6 rings (SSSR count).